The van der Waals surface area contributed by atoms with E-state index in [9.17, 15) is 0 Å². The van der Waals surface area contributed by atoms with Gasteiger partial charge in [-0.1, -0.05) is 0 Å². The van der Waals surface area contributed by atoms with Crippen LogP contribution in [0.3, 0.4) is 0 Å². The largest absolute Gasteiger partial charge is 0.206 e. The van der Waals surface area contributed by atoms with Gasteiger partial charge in [-0.05, 0) is 0 Å². The highest BCUT2D eigenvalue weighted by Crippen LogP contribution is 2.26. The summed E-state index contributed by atoms with van der Waals surface area (Å²) in [6.45, 7) is 0. The molecule has 0 amide bonds. The molecule has 1 atom stereocenters. The van der Waals surface area contributed by atoms with Gasteiger partial charge in [0.2, 0.25) is 12.4 Å². The van der Waals surface area contributed by atoms with Crippen molar-refractivity contribution in [2.75, 3.05) is 0 Å². The summed E-state index contributed by atoms with van der Waals surface area (Å²) < 4.78 is 0. The van der Waals surface area contributed by atoms with Crippen molar-refractivity contribution < 1.29 is 0 Å². The first-order valence-electron chi connectivity index (χ1n) is 3.57. The Labute approximate surface area is 85.1 Å². The molecule has 1 aliphatic heterocycles. The number of nitrogens with zero attached hydrogens (tertiary/aromatic N) is 7. The summed E-state index contributed by atoms with van der Waals surface area (Å²) in [7, 11) is 0. The molecule has 0 bridgehead atoms. The van der Waals surface area contributed by atoms with E-state index >= 15 is 0 Å². The second kappa shape index (κ2) is 3.67. The molecule has 0 N–H and O–H groups in total. The lowest BCUT2D eigenvalue weighted by molar-refractivity contribution is 0.161. The molecule has 1 rings (SSSR count). The molecule has 0 aromatic heterocycles. The summed E-state index contributed by atoms with van der Waals surface area (Å²) in [5.74, 6) is 0. The van der Waals surface area contributed by atoms with E-state index in [4.69, 9.17) is 26.3 Å². The number of hydrogen-bond donors (Lipinski definition) is 0. The molecular weight excluding hydrogens is 194 g/mol. The fraction of sp³-hybridized carbons (Fsp3) is 0.125. The first-order chi connectivity index (χ1) is 7.24. The van der Waals surface area contributed by atoms with Crippen molar-refractivity contribution in [3.8, 4) is 30.6 Å². The average Bonchev–Trinajstić information content (AvgIpc) is 2.59. The third-order valence-electron chi connectivity index (χ3n) is 1.75. The lowest BCUT2D eigenvalue weighted by Crippen LogP contribution is -2.35. The summed E-state index contributed by atoms with van der Waals surface area (Å²) in [5, 5.41) is 44.8. The topological polar surface area (TPSA) is 125 Å². The number of hydrogen-bond acceptors (Lipinski definition) is 7. The molecule has 0 saturated heterocycles. The maximum Gasteiger partial charge on any atom is 0.206 e. The van der Waals surface area contributed by atoms with Crippen LogP contribution in [0.2, 0.25) is 0 Å². The zero-order chi connectivity index (χ0) is 11.4. The SMILES string of the molecule is N#CC1=C(C#N)N(C#N)N(C#N)C1C#N. The first kappa shape index (κ1) is 9.87. The second-order valence-corrected chi connectivity index (χ2v) is 2.37. The van der Waals surface area contributed by atoms with E-state index in [-0.39, 0.29) is 11.3 Å². The predicted octanol–water partition coefficient (Wildman–Crippen LogP) is -0.325. The molecule has 1 heterocycles. The van der Waals surface area contributed by atoms with Gasteiger partial charge in [0.1, 0.15) is 17.7 Å². The van der Waals surface area contributed by atoms with E-state index in [0.29, 0.717) is 10.0 Å². The van der Waals surface area contributed by atoms with Crippen LogP contribution < -0.4 is 0 Å². The summed E-state index contributed by atoms with van der Waals surface area (Å²) in [6.07, 6.45) is 3.11. The van der Waals surface area contributed by atoms with Crippen molar-refractivity contribution in [1.29, 1.82) is 26.3 Å². The van der Waals surface area contributed by atoms with Crippen LogP contribution in [-0.4, -0.2) is 16.1 Å². The average molecular weight is 195 g/mol. The molecule has 0 saturated carbocycles. The highest BCUT2D eigenvalue weighted by atomic mass is 15.6. The van der Waals surface area contributed by atoms with Gasteiger partial charge in [0.15, 0.2) is 11.7 Å². The Morgan fingerprint density at radius 1 is 0.933 bits per heavy atom. The van der Waals surface area contributed by atoms with Crippen molar-refractivity contribution in [3.05, 3.63) is 11.3 Å². The molecule has 7 heteroatoms. The molecule has 0 aliphatic carbocycles. The fourth-order valence-electron chi connectivity index (χ4n) is 1.13. The predicted molar refractivity (Wildman–Crippen MR) is 42.6 cm³/mol. The smallest absolute Gasteiger partial charge is 0.195 e. The minimum absolute atomic E-state index is 0.192. The van der Waals surface area contributed by atoms with Crippen molar-refractivity contribution in [1.82, 2.24) is 10.0 Å². The Kier molecular flexibility index (Phi) is 2.42. The zero-order valence-corrected chi connectivity index (χ0v) is 7.21. The van der Waals surface area contributed by atoms with Crippen LogP contribution in [-0.2, 0) is 0 Å². The monoisotopic (exact) mass is 195 g/mol. The van der Waals surface area contributed by atoms with Gasteiger partial charge in [0, 0.05) is 0 Å². The molecule has 0 radical (unpaired) electrons. The highest BCUT2D eigenvalue weighted by Gasteiger charge is 2.39. The Balaban J connectivity index is 3.40. The molecule has 0 aromatic rings. The molecule has 68 valence electrons. The first-order valence-corrected chi connectivity index (χ1v) is 3.57. The van der Waals surface area contributed by atoms with Crippen LogP contribution >= 0.6 is 0 Å². The molecule has 7 nitrogen and oxygen atoms in total. The molecule has 1 aliphatic rings. The third-order valence-corrected chi connectivity index (χ3v) is 1.75. The van der Waals surface area contributed by atoms with Gasteiger partial charge in [0.05, 0.1) is 6.07 Å². The third kappa shape index (κ3) is 1.16. The molecule has 1 unspecified atom stereocenters. The number of hydrazine groups is 1. The van der Waals surface area contributed by atoms with E-state index in [1.165, 1.54) is 0 Å². The van der Waals surface area contributed by atoms with Gasteiger partial charge in [-0.25, -0.2) is 0 Å². The number of rotatable bonds is 0. The summed E-state index contributed by atoms with van der Waals surface area (Å²) in [6, 6.07) is 3.73. The van der Waals surface area contributed by atoms with E-state index in [1.54, 1.807) is 30.6 Å². The van der Waals surface area contributed by atoms with Gasteiger partial charge in [-0.3, -0.25) is 0 Å². The standard InChI is InChI=1S/C8HN7/c9-1-6-7(2-10)14(4-12)15(5-13)8(6)3-11/h7H. The number of nitriles is 5. The zero-order valence-electron chi connectivity index (χ0n) is 7.21. The van der Waals surface area contributed by atoms with Crippen LogP contribution in [0.4, 0.5) is 0 Å². The second-order valence-electron chi connectivity index (χ2n) is 2.37. The van der Waals surface area contributed by atoms with E-state index in [1.807, 2.05) is 0 Å². The summed E-state index contributed by atoms with van der Waals surface area (Å²) in [4.78, 5) is 0. The van der Waals surface area contributed by atoms with Crippen LogP contribution in [0.25, 0.3) is 0 Å². The molecule has 0 spiro atoms. The van der Waals surface area contributed by atoms with E-state index in [2.05, 4.69) is 0 Å². The lowest BCUT2D eigenvalue weighted by atomic mass is 10.1. The van der Waals surface area contributed by atoms with Gasteiger partial charge in [-0.2, -0.15) is 36.3 Å². The quantitative estimate of drug-likeness (QED) is 0.484. The minimum atomic E-state index is -1.20. The Morgan fingerprint density at radius 2 is 1.60 bits per heavy atom. The maximum atomic E-state index is 8.72. The van der Waals surface area contributed by atoms with Crippen molar-refractivity contribution >= 4 is 0 Å². The van der Waals surface area contributed by atoms with Crippen LogP contribution in [0.15, 0.2) is 11.3 Å². The minimum Gasteiger partial charge on any atom is -0.195 e. The van der Waals surface area contributed by atoms with Crippen molar-refractivity contribution in [2.45, 2.75) is 6.04 Å². The Bertz CT molecular complexity index is 482. The maximum absolute atomic E-state index is 8.72. The van der Waals surface area contributed by atoms with Crippen molar-refractivity contribution in [3.63, 3.8) is 0 Å². The van der Waals surface area contributed by atoms with E-state index < -0.39 is 6.04 Å². The Hall–Kier alpha value is -3.21. The van der Waals surface area contributed by atoms with Crippen LogP contribution in [0.5, 0.6) is 0 Å². The van der Waals surface area contributed by atoms with E-state index in [0.717, 1.165) is 0 Å². The van der Waals surface area contributed by atoms with Gasteiger partial charge < -0.3 is 0 Å². The summed E-state index contributed by atoms with van der Waals surface area (Å²) in [5.41, 5.74) is -0.476. The normalized spacial score (nSPS) is 18.5. The molecular formula is C8HN7. The Morgan fingerprint density at radius 3 is 1.93 bits per heavy atom. The molecule has 0 fully saturated rings. The summed E-state index contributed by atoms with van der Waals surface area (Å²) >= 11 is 0. The molecule has 15 heavy (non-hydrogen) atoms. The van der Waals surface area contributed by atoms with Crippen LogP contribution in [0.1, 0.15) is 0 Å². The van der Waals surface area contributed by atoms with Gasteiger partial charge in [0.25, 0.3) is 0 Å². The highest BCUT2D eigenvalue weighted by molar-refractivity contribution is 5.47. The molecule has 0 aromatic carbocycles. The fourth-order valence-corrected chi connectivity index (χ4v) is 1.13. The van der Waals surface area contributed by atoms with Crippen molar-refractivity contribution in [2.24, 2.45) is 0 Å². The number of allylic oxidation sites excluding steroid dienone is 1. The van der Waals surface area contributed by atoms with Crippen LogP contribution in [0, 0.1) is 56.9 Å². The van der Waals surface area contributed by atoms with Gasteiger partial charge >= 0.3 is 0 Å². The lowest BCUT2D eigenvalue weighted by Gasteiger charge is -2.17. The van der Waals surface area contributed by atoms with Gasteiger partial charge in [-0.15, -0.1) is 0 Å².